The standard InChI is InChI=1S/C9H10N2O4/c10-11-9(12)4-13-6-1-2-7-8(3-6)15-5-14-7/h1-3H,4-5,10H2,(H,11,12). The highest BCUT2D eigenvalue weighted by Crippen LogP contribution is 2.34. The lowest BCUT2D eigenvalue weighted by Gasteiger charge is -2.05. The second-order valence-electron chi connectivity index (χ2n) is 2.87. The van der Waals surface area contributed by atoms with E-state index in [1.807, 2.05) is 5.43 Å². The van der Waals surface area contributed by atoms with Crippen molar-refractivity contribution < 1.29 is 19.0 Å². The molecule has 0 unspecified atom stereocenters. The zero-order valence-corrected chi connectivity index (χ0v) is 7.86. The van der Waals surface area contributed by atoms with Crippen LogP contribution in [0.5, 0.6) is 17.2 Å². The number of rotatable bonds is 3. The van der Waals surface area contributed by atoms with Gasteiger partial charge in [0.15, 0.2) is 18.1 Å². The first-order chi connectivity index (χ1) is 7.29. The summed E-state index contributed by atoms with van der Waals surface area (Å²) in [5.41, 5.74) is 1.97. The minimum atomic E-state index is -0.396. The number of ether oxygens (including phenoxy) is 3. The first kappa shape index (κ1) is 9.60. The average Bonchev–Trinajstić information content (AvgIpc) is 2.72. The maximum atomic E-state index is 10.8. The molecule has 6 heteroatoms. The van der Waals surface area contributed by atoms with Crippen molar-refractivity contribution in [3.8, 4) is 17.2 Å². The molecule has 3 N–H and O–H groups in total. The second kappa shape index (κ2) is 4.05. The fraction of sp³-hybridized carbons (Fsp3) is 0.222. The van der Waals surface area contributed by atoms with Gasteiger partial charge in [0.05, 0.1) is 0 Å². The number of carbonyl (C=O) groups is 1. The van der Waals surface area contributed by atoms with Gasteiger partial charge in [-0.1, -0.05) is 0 Å². The van der Waals surface area contributed by atoms with E-state index < -0.39 is 5.91 Å². The van der Waals surface area contributed by atoms with Gasteiger partial charge in [-0.2, -0.15) is 0 Å². The van der Waals surface area contributed by atoms with Gasteiger partial charge in [-0.05, 0) is 12.1 Å². The molecule has 0 aliphatic carbocycles. The predicted octanol–water partition coefficient (Wildman–Crippen LogP) is -0.216. The van der Waals surface area contributed by atoms with Crippen LogP contribution in [0.4, 0.5) is 0 Å². The van der Waals surface area contributed by atoms with Crippen molar-refractivity contribution in [1.29, 1.82) is 0 Å². The number of fused-ring (bicyclic) bond motifs is 1. The van der Waals surface area contributed by atoms with Gasteiger partial charge in [0, 0.05) is 6.07 Å². The highest BCUT2D eigenvalue weighted by molar-refractivity contribution is 5.76. The van der Waals surface area contributed by atoms with E-state index in [0.717, 1.165) is 0 Å². The third-order valence-electron chi connectivity index (χ3n) is 1.87. The second-order valence-corrected chi connectivity index (χ2v) is 2.87. The first-order valence-electron chi connectivity index (χ1n) is 4.31. The summed E-state index contributed by atoms with van der Waals surface area (Å²) >= 11 is 0. The zero-order chi connectivity index (χ0) is 10.7. The maximum absolute atomic E-state index is 10.8. The van der Waals surface area contributed by atoms with Crippen LogP contribution in [0.25, 0.3) is 0 Å². The Morgan fingerprint density at radius 2 is 2.27 bits per heavy atom. The summed E-state index contributed by atoms with van der Waals surface area (Å²) in [4.78, 5) is 10.8. The van der Waals surface area contributed by atoms with Crippen LogP contribution in [0.2, 0.25) is 0 Å². The van der Waals surface area contributed by atoms with Crippen molar-refractivity contribution in [2.45, 2.75) is 0 Å². The fourth-order valence-electron chi connectivity index (χ4n) is 1.16. The average molecular weight is 210 g/mol. The Kier molecular flexibility index (Phi) is 2.59. The van der Waals surface area contributed by atoms with E-state index in [2.05, 4.69) is 0 Å². The minimum Gasteiger partial charge on any atom is -0.484 e. The Bertz CT molecular complexity index is 380. The van der Waals surface area contributed by atoms with E-state index in [-0.39, 0.29) is 13.4 Å². The van der Waals surface area contributed by atoms with Crippen LogP contribution in [0.3, 0.4) is 0 Å². The number of hydrogen-bond acceptors (Lipinski definition) is 5. The highest BCUT2D eigenvalue weighted by Gasteiger charge is 2.13. The molecule has 1 heterocycles. The van der Waals surface area contributed by atoms with Crippen molar-refractivity contribution in [2.24, 2.45) is 5.84 Å². The van der Waals surface area contributed by atoms with E-state index in [4.69, 9.17) is 20.1 Å². The summed E-state index contributed by atoms with van der Waals surface area (Å²) in [7, 11) is 0. The largest absolute Gasteiger partial charge is 0.484 e. The number of hydrogen-bond donors (Lipinski definition) is 2. The van der Waals surface area contributed by atoms with Gasteiger partial charge < -0.3 is 14.2 Å². The molecule has 0 aromatic heterocycles. The molecule has 1 amide bonds. The summed E-state index contributed by atoms with van der Waals surface area (Å²) in [5, 5.41) is 0. The summed E-state index contributed by atoms with van der Waals surface area (Å²) < 4.78 is 15.4. The molecule has 0 fully saturated rings. The summed E-state index contributed by atoms with van der Waals surface area (Å²) in [5.74, 6) is 6.32. The normalized spacial score (nSPS) is 12.3. The van der Waals surface area contributed by atoms with Crippen molar-refractivity contribution in [3.63, 3.8) is 0 Å². The van der Waals surface area contributed by atoms with E-state index >= 15 is 0 Å². The molecule has 2 rings (SSSR count). The lowest BCUT2D eigenvalue weighted by molar-refractivity contribution is -0.123. The van der Waals surface area contributed by atoms with Crippen LogP contribution in [0.15, 0.2) is 18.2 Å². The highest BCUT2D eigenvalue weighted by atomic mass is 16.7. The zero-order valence-electron chi connectivity index (χ0n) is 7.86. The number of benzene rings is 1. The van der Waals surface area contributed by atoms with Gasteiger partial charge >= 0.3 is 0 Å². The number of hydrazine groups is 1. The molecule has 1 aliphatic rings. The van der Waals surface area contributed by atoms with Crippen LogP contribution in [0, 0.1) is 0 Å². The van der Waals surface area contributed by atoms with Crippen LogP contribution in [-0.2, 0) is 4.79 Å². The van der Waals surface area contributed by atoms with Crippen LogP contribution < -0.4 is 25.5 Å². The van der Waals surface area contributed by atoms with Crippen LogP contribution in [-0.4, -0.2) is 19.3 Å². The fourth-order valence-corrected chi connectivity index (χ4v) is 1.16. The molecule has 0 spiro atoms. The maximum Gasteiger partial charge on any atom is 0.271 e. The molecule has 0 saturated carbocycles. The summed E-state index contributed by atoms with van der Waals surface area (Å²) in [6.45, 7) is 0.0816. The quantitative estimate of drug-likeness (QED) is 0.409. The molecule has 1 aliphatic heterocycles. The SMILES string of the molecule is NNC(=O)COc1ccc2c(c1)OCO2. The number of carbonyl (C=O) groups excluding carboxylic acids is 1. The summed E-state index contributed by atoms with van der Waals surface area (Å²) in [6, 6.07) is 5.07. The number of nitrogens with one attached hydrogen (secondary N) is 1. The van der Waals surface area contributed by atoms with Crippen LogP contribution >= 0.6 is 0 Å². The molecular formula is C9H10N2O4. The molecular weight excluding hydrogens is 200 g/mol. The third-order valence-corrected chi connectivity index (χ3v) is 1.87. The van der Waals surface area contributed by atoms with Gasteiger partial charge in [-0.15, -0.1) is 0 Å². The Labute approximate surface area is 85.9 Å². The van der Waals surface area contributed by atoms with Crippen molar-refractivity contribution >= 4 is 5.91 Å². The Balaban J connectivity index is 2.01. The van der Waals surface area contributed by atoms with E-state index in [1.54, 1.807) is 18.2 Å². The molecule has 80 valence electrons. The van der Waals surface area contributed by atoms with Gasteiger partial charge in [-0.25, -0.2) is 5.84 Å². The third kappa shape index (κ3) is 2.10. The minimum absolute atomic E-state index is 0.129. The van der Waals surface area contributed by atoms with E-state index in [1.165, 1.54) is 0 Å². The van der Waals surface area contributed by atoms with Gasteiger partial charge in [-0.3, -0.25) is 10.2 Å². The molecule has 6 nitrogen and oxygen atoms in total. The Hall–Kier alpha value is -1.95. The first-order valence-corrected chi connectivity index (χ1v) is 4.31. The number of amides is 1. The van der Waals surface area contributed by atoms with Gasteiger partial charge in [0.25, 0.3) is 5.91 Å². The van der Waals surface area contributed by atoms with Crippen LogP contribution in [0.1, 0.15) is 0 Å². The summed E-state index contributed by atoms with van der Waals surface area (Å²) in [6.07, 6.45) is 0. The smallest absolute Gasteiger partial charge is 0.271 e. The monoisotopic (exact) mass is 210 g/mol. The molecule has 1 aromatic rings. The van der Waals surface area contributed by atoms with E-state index in [9.17, 15) is 4.79 Å². The van der Waals surface area contributed by atoms with Crippen molar-refractivity contribution in [2.75, 3.05) is 13.4 Å². The number of nitrogens with two attached hydrogens (primary N) is 1. The van der Waals surface area contributed by atoms with Gasteiger partial charge in [0.2, 0.25) is 6.79 Å². The molecule has 0 radical (unpaired) electrons. The Morgan fingerprint density at radius 3 is 3.07 bits per heavy atom. The molecule has 0 atom stereocenters. The Morgan fingerprint density at radius 1 is 1.47 bits per heavy atom. The van der Waals surface area contributed by atoms with Crippen molar-refractivity contribution in [1.82, 2.24) is 5.43 Å². The lowest BCUT2D eigenvalue weighted by atomic mass is 10.3. The van der Waals surface area contributed by atoms with Crippen molar-refractivity contribution in [3.05, 3.63) is 18.2 Å². The molecule has 15 heavy (non-hydrogen) atoms. The molecule has 0 bridgehead atoms. The molecule has 0 saturated heterocycles. The van der Waals surface area contributed by atoms with Gasteiger partial charge in [0.1, 0.15) is 5.75 Å². The van der Waals surface area contributed by atoms with E-state index in [0.29, 0.717) is 17.2 Å². The topological polar surface area (TPSA) is 82.8 Å². The lowest BCUT2D eigenvalue weighted by Crippen LogP contribution is -2.34. The predicted molar refractivity (Wildman–Crippen MR) is 50.4 cm³/mol. The molecule has 1 aromatic carbocycles.